The predicted molar refractivity (Wildman–Crippen MR) is 92.4 cm³/mol. The largest absolute Gasteiger partial charge is 0.398 e. The Morgan fingerprint density at radius 1 is 1.04 bits per heavy atom. The fourth-order valence-electron chi connectivity index (χ4n) is 2.80. The summed E-state index contributed by atoms with van der Waals surface area (Å²) in [5, 5.41) is 0. The second-order valence-corrected chi connectivity index (χ2v) is 7.89. The number of nitrogens with zero attached hydrogens (tertiary/aromatic N) is 2. The van der Waals surface area contributed by atoms with E-state index in [1.54, 1.807) is 12.1 Å². The van der Waals surface area contributed by atoms with Crippen LogP contribution < -0.4 is 10.6 Å². The van der Waals surface area contributed by atoms with Crippen molar-refractivity contribution in [3.63, 3.8) is 0 Å². The van der Waals surface area contributed by atoms with Crippen LogP contribution in [0.1, 0.15) is 0 Å². The van der Waals surface area contributed by atoms with Gasteiger partial charge in [0.15, 0.2) is 0 Å². The number of hydrogen-bond acceptors (Lipinski definition) is 5. The number of likely N-dealkylation sites (N-methyl/N-ethyl adjacent to an activating group) is 1. The van der Waals surface area contributed by atoms with Crippen molar-refractivity contribution in [2.75, 3.05) is 43.9 Å². The zero-order chi connectivity index (χ0) is 17.3. The Balaban J connectivity index is 1.92. The molecule has 2 aromatic carbocycles. The van der Waals surface area contributed by atoms with E-state index in [9.17, 15) is 12.8 Å². The van der Waals surface area contributed by atoms with E-state index in [1.807, 2.05) is 0 Å². The maximum absolute atomic E-state index is 13.3. The van der Waals surface area contributed by atoms with E-state index in [4.69, 9.17) is 5.73 Å². The maximum Gasteiger partial charge on any atom is 0.208 e. The average molecular weight is 349 g/mol. The molecule has 5 nitrogen and oxygen atoms in total. The summed E-state index contributed by atoms with van der Waals surface area (Å²) in [6.45, 7) is 3.63. The van der Waals surface area contributed by atoms with Crippen molar-refractivity contribution in [1.29, 1.82) is 0 Å². The van der Waals surface area contributed by atoms with Crippen LogP contribution in [-0.2, 0) is 9.84 Å². The van der Waals surface area contributed by atoms with Gasteiger partial charge in [0.05, 0.1) is 15.5 Å². The molecule has 1 aliphatic heterocycles. The van der Waals surface area contributed by atoms with Gasteiger partial charge in [-0.15, -0.1) is 0 Å². The normalized spacial score (nSPS) is 16.3. The van der Waals surface area contributed by atoms with Gasteiger partial charge in [0, 0.05) is 31.9 Å². The van der Waals surface area contributed by atoms with E-state index >= 15 is 0 Å². The molecule has 24 heavy (non-hydrogen) atoms. The average Bonchev–Trinajstić information content (AvgIpc) is 2.55. The summed E-state index contributed by atoms with van der Waals surface area (Å²) in [5.41, 5.74) is 7.09. The summed E-state index contributed by atoms with van der Waals surface area (Å²) in [6, 6.07) is 9.89. The van der Waals surface area contributed by atoms with Gasteiger partial charge < -0.3 is 15.5 Å². The highest BCUT2D eigenvalue weighted by molar-refractivity contribution is 7.91. The molecule has 0 amide bonds. The second-order valence-electron chi connectivity index (χ2n) is 5.97. The summed E-state index contributed by atoms with van der Waals surface area (Å²) in [5.74, 6) is -0.594. The Bertz CT molecular complexity index is 847. The van der Waals surface area contributed by atoms with E-state index in [-0.39, 0.29) is 15.5 Å². The van der Waals surface area contributed by atoms with Gasteiger partial charge in [0.25, 0.3) is 0 Å². The van der Waals surface area contributed by atoms with Gasteiger partial charge in [-0.05, 0) is 43.4 Å². The first-order chi connectivity index (χ1) is 11.4. The number of halogens is 1. The lowest BCUT2D eigenvalue weighted by Crippen LogP contribution is -2.44. The van der Waals surface area contributed by atoms with Gasteiger partial charge in [-0.2, -0.15) is 0 Å². The lowest BCUT2D eigenvalue weighted by molar-refractivity contribution is 0.313. The van der Waals surface area contributed by atoms with Crippen LogP contribution in [-0.4, -0.2) is 46.5 Å². The molecule has 0 radical (unpaired) electrons. The molecule has 128 valence electrons. The van der Waals surface area contributed by atoms with Crippen LogP contribution in [0.15, 0.2) is 52.3 Å². The first-order valence-electron chi connectivity index (χ1n) is 7.71. The summed E-state index contributed by atoms with van der Waals surface area (Å²) in [7, 11) is -1.77. The molecule has 0 saturated carbocycles. The Hall–Kier alpha value is -2.12. The highest BCUT2D eigenvalue weighted by atomic mass is 32.2. The molecule has 1 heterocycles. The Morgan fingerprint density at radius 3 is 2.38 bits per heavy atom. The lowest BCUT2D eigenvalue weighted by atomic mass is 10.2. The summed E-state index contributed by atoms with van der Waals surface area (Å²) in [4.78, 5) is 4.32. The molecule has 1 fully saturated rings. The van der Waals surface area contributed by atoms with Crippen molar-refractivity contribution < 1.29 is 12.8 Å². The molecule has 7 heteroatoms. The Morgan fingerprint density at radius 2 is 1.75 bits per heavy atom. The summed E-state index contributed by atoms with van der Waals surface area (Å²) < 4.78 is 38.7. The number of anilines is 2. The highest BCUT2D eigenvalue weighted by Gasteiger charge is 2.22. The summed E-state index contributed by atoms with van der Waals surface area (Å²) >= 11 is 0. The summed E-state index contributed by atoms with van der Waals surface area (Å²) in [6.07, 6.45) is 0. The number of benzene rings is 2. The van der Waals surface area contributed by atoms with Crippen molar-refractivity contribution in [2.24, 2.45) is 0 Å². The fourth-order valence-corrected chi connectivity index (χ4v) is 4.20. The van der Waals surface area contributed by atoms with E-state index < -0.39 is 15.7 Å². The molecule has 0 aliphatic carbocycles. The van der Waals surface area contributed by atoms with Crippen molar-refractivity contribution in [3.05, 3.63) is 48.3 Å². The second kappa shape index (κ2) is 6.41. The van der Waals surface area contributed by atoms with Crippen molar-refractivity contribution in [2.45, 2.75) is 9.79 Å². The maximum atomic E-state index is 13.3. The third-order valence-corrected chi connectivity index (χ3v) is 6.08. The molecule has 0 bridgehead atoms. The first-order valence-corrected chi connectivity index (χ1v) is 9.20. The molecule has 0 aromatic heterocycles. The minimum absolute atomic E-state index is 0.00553. The number of nitrogens with two attached hydrogens (primary N) is 1. The number of piperazine rings is 1. The first kappa shape index (κ1) is 16.7. The van der Waals surface area contributed by atoms with Gasteiger partial charge in [-0.1, -0.05) is 6.07 Å². The predicted octanol–water partition coefficient (Wildman–Crippen LogP) is 1.99. The number of hydrogen-bond donors (Lipinski definition) is 1. The van der Waals surface area contributed by atoms with Crippen LogP contribution in [0.3, 0.4) is 0 Å². The fraction of sp³-hybridized carbons (Fsp3) is 0.294. The van der Waals surface area contributed by atoms with Gasteiger partial charge >= 0.3 is 0 Å². The Labute approximate surface area is 141 Å². The SMILES string of the molecule is CN1CCN(c2ccc(S(=O)(=O)c3cccc(F)c3)c(N)c2)CC1. The van der Waals surface area contributed by atoms with E-state index in [0.29, 0.717) is 0 Å². The quantitative estimate of drug-likeness (QED) is 0.859. The van der Waals surface area contributed by atoms with Crippen LogP contribution in [0, 0.1) is 5.82 Å². The number of rotatable bonds is 3. The number of sulfone groups is 1. The molecular weight excluding hydrogens is 329 g/mol. The van der Waals surface area contributed by atoms with Gasteiger partial charge in [0.2, 0.25) is 9.84 Å². The zero-order valence-electron chi connectivity index (χ0n) is 13.4. The van der Waals surface area contributed by atoms with Crippen LogP contribution >= 0.6 is 0 Å². The Kier molecular flexibility index (Phi) is 4.47. The molecule has 0 unspecified atom stereocenters. The third kappa shape index (κ3) is 3.22. The van der Waals surface area contributed by atoms with Crippen LogP contribution in [0.25, 0.3) is 0 Å². The third-order valence-electron chi connectivity index (χ3n) is 4.26. The lowest BCUT2D eigenvalue weighted by Gasteiger charge is -2.34. The van der Waals surface area contributed by atoms with Crippen LogP contribution in [0.5, 0.6) is 0 Å². The van der Waals surface area contributed by atoms with Gasteiger partial charge in [-0.3, -0.25) is 0 Å². The van der Waals surface area contributed by atoms with Crippen molar-refractivity contribution >= 4 is 21.2 Å². The molecule has 1 aliphatic rings. The number of nitrogen functional groups attached to an aromatic ring is 1. The van der Waals surface area contributed by atoms with E-state index in [0.717, 1.165) is 37.9 Å². The van der Waals surface area contributed by atoms with E-state index in [1.165, 1.54) is 24.3 Å². The molecule has 0 spiro atoms. The minimum atomic E-state index is -3.84. The molecular formula is C17H20FN3O2S. The van der Waals surface area contributed by atoms with Crippen LogP contribution in [0.2, 0.25) is 0 Å². The molecule has 1 saturated heterocycles. The van der Waals surface area contributed by atoms with Gasteiger partial charge in [0.1, 0.15) is 5.82 Å². The molecule has 0 atom stereocenters. The minimum Gasteiger partial charge on any atom is -0.398 e. The van der Waals surface area contributed by atoms with Crippen molar-refractivity contribution in [1.82, 2.24) is 4.90 Å². The smallest absolute Gasteiger partial charge is 0.208 e. The molecule has 3 rings (SSSR count). The van der Waals surface area contributed by atoms with Crippen molar-refractivity contribution in [3.8, 4) is 0 Å². The van der Waals surface area contributed by atoms with Crippen LogP contribution in [0.4, 0.5) is 15.8 Å². The highest BCUT2D eigenvalue weighted by Crippen LogP contribution is 2.30. The van der Waals surface area contributed by atoms with E-state index in [2.05, 4.69) is 16.8 Å². The molecule has 2 N–H and O–H groups in total. The topological polar surface area (TPSA) is 66.6 Å². The monoisotopic (exact) mass is 349 g/mol. The zero-order valence-corrected chi connectivity index (χ0v) is 14.3. The van der Waals surface area contributed by atoms with Gasteiger partial charge in [-0.25, -0.2) is 12.8 Å². The standard InChI is InChI=1S/C17H20FN3O2S/c1-20-7-9-21(10-8-20)14-5-6-17(16(19)12-14)24(22,23)15-4-2-3-13(18)11-15/h2-6,11-12H,7-10,19H2,1H3. The molecule has 2 aromatic rings.